The Morgan fingerprint density at radius 3 is 2.00 bits per heavy atom. The first-order chi connectivity index (χ1) is 12.7. The van der Waals surface area contributed by atoms with Crippen molar-refractivity contribution < 1.29 is 32.4 Å². The van der Waals surface area contributed by atoms with E-state index in [1.807, 2.05) is 0 Å². The number of hydrogen-bond acceptors (Lipinski definition) is 5. The molecule has 27 heavy (non-hydrogen) atoms. The zero-order valence-electron chi connectivity index (χ0n) is 14.0. The average molecular weight is 386 g/mol. The van der Waals surface area contributed by atoms with E-state index in [2.05, 4.69) is 11.8 Å². The van der Waals surface area contributed by atoms with Crippen LogP contribution in [-0.4, -0.2) is 30.6 Å². The zero-order valence-corrected chi connectivity index (χ0v) is 14.9. The number of allylic oxidation sites excluding steroid dienone is 1. The Hall–Kier alpha value is -3.57. The van der Waals surface area contributed by atoms with E-state index in [-0.39, 0.29) is 4.90 Å². The largest absolute Gasteiger partial charge is 0.477 e. The highest BCUT2D eigenvalue weighted by Gasteiger charge is 2.27. The van der Waals surface area contributed by atoms with E-state index in [0.29, 0.717) is 5.56 Å². The van der Waals surface area contributed by atoms with Crippen LogP contribution in [0.5, 0.6) is 0 Å². The van der Waals surface area contributed by atoms with Gasteiger partial charge in [-0.1, -0.05) is 41.8 Å². The Balaban J connectivity index is 2.55. The quantitative estimate of drug-likeness (QED) is 0.202. The number of benzene rings is 2. The Morgan fingerprint density at radius 2 is 1.48 bits per heavy atom. The number of aryl methyl sites for hydroxylation is 1. The standard InChI is InChI=1S/C19H14O7S/c1-13-7-10-15(11-8-13)27(24,25)26-16(17(18(20)21)19(22)23)12-9-14-5-3-2-4-6-14/h2-8,10-11H,1H3,(H,20,21)(H,22,23). The van der Waals surface area contributed by atoms with Crippen molar-refractivity contribution in [2.45, 2.75) is 11.8 Å². The maximum Gasteiger partial charge on any atom is 0.347 e. The highest BCUT2D eigenvalue weighted by molar-refractivity contribution is 7.86. The van der Waals surface area contributed by atoms with E-state index in [9.17, 15) is 18.0 Å². The maximum absolute atomic E-state index is 12.4. The molecular formula is C19H14O7S. The molecule has 0 aliphatic heterocycles. The van der Waals surface area contributed by atoms with E-state index in [1.54, 1.807) is 37.3 Å². The van der Waals surface area contributed by atoms with Crippen LogP contribution in [0.3, 0.4) is 0 Å². The minimum atomic E-state index is -4.48. The first-order valence-electron chi connectivity index (χ1n) is 7.50. The summed E-state index contributed by atoms with van der Waals surface area (Å²) in [5.74, 6) is -0.0418. The van der Waals surface area contributed by atoms with Crippen LogP contribution in [0, 0.1) is 18.8 Å². The van der Waals surface area contributed by atoms with Gasteiger partial charge in [0.2, 0.25) is 5.76 Å². The number of rotatable bonds is 5. The monoisotopic (exact) mass is 386 g/mol. The molecule has 0 aromatic heterocycles. The van der Waals surface area contributed by atoms with E-state index >= 15 is 0 Å². The predicted octanol–water partition coefficient (Wildman–Crippen LogP) is 2.18. The average Bonchev–Trinajstić information content (AvgIpc) is 2.60. The highest BCUT2D eigenvalue weighted by atomic mass is 32.2. The van der Waals surface area contributed by atoms with Gasteiger partial charge in [-0.3, -0.25) is 0 Å². The molecule has 0 atom stereocenters. The lowest BCUT2D eigenvalue weighted by atomic mass is 10.2. The minimum Gasteiger partial charge on any atom is -0.477 e. The van der Waals surface area contributed by atoms with E-state index in [0.717, 1.165) is 5.56 Å². The fourth-order valence-electron chi connectivity index (χ4n) is 1.92. The number of carboxylic acid groups (broad SMARTS) is 2. The van der Waals surface area contributed by atoms with Gasteiger partial charge >= 0.3 is 22.1 Å². The predicted molar refractivity (Wildman–Crippen MR) is 95.1 cm³/mol. The SMILES string of the molecule is Cc1ccc(S(=O)(=O)OC(C#Cc2ccccc2)=C(C(=O)O)C(=O)O)cc1. The van der Waals surface area contributed by atoms with Crippen molar-refractivity contribution in [3.63, 3.8) is 0 Å². The van der Waals surface area contributed by atoms with Crippen molar-refractivity contribution in [1.82, 2.24) is 0 Å². The molecular weight excluding hydrogens is 372 g/mol. The summed E-state index contributed by atoms with van der Waals surface area (Å²) in [6.45, 7) is 1.75. The van der Waals surface area contributed by atoms with Gasteiger partial charge in [-0.05, 0) is 37.1 Å². The second kappa shape index (κ2) is 8.21. The fraction of sp³-hybridized carbons (Fsp3) is 0.0526. The second-order valence-electron chi connectivity index (χ2n) is 5.28. The molecule has 2 N–H and O–H groups in total. The van der Waals surface area contributed by atoms with Gasteiger partial charge < -0.3 is 14.4 Å². The topological polar surface area (TPSA) is 118 Å². The molecule has 0 bridgehead atoms. The molecule has 0 fully saturated rings. The first-order valence-corrected chi connectivity index (χ1v) is 8.90. The van der Waals surface area contributed by atoms with Gasteiger partial charge in [0.1, 0.15) is 4.90 Å². The Kier molecular flexibility index (Phi) is 6.00. The summed E-state index contributed by atoms with van der Waals surface area (Å²) < 4.78 is 29.6. The lowest BCUT2D eigenvalue weighted by Crippen LogP contribution is -2.17. The molecule has 0 aliphatic carbocycles. The lowest BCUT2D eigenvalue weighted by molar-refractivity contribution is -0.140. The van der Waals surface area contributed by atoms with Gasteiger partial charge in [0, 0.05) is 5.56 Å². The summed E-state index contributed by atoms with van der Waals surface area (Å²) in [5.41, 5.74) is -0.0686. The molecule has 0 heterocycles. The summed E-state index contributed by atoms with van der Waals surface area (Å²) in [6.07, 6.45) is 0. The summed E-state index contributed by atoms with van der Waals surface area (Å²) in [7, 11) is -4.48. The van der Waals surface area contributed by atoms with E-state index in [4.69, 9.17) is 14.4 Å². The molecule has 7 nitrogen and oxygen atoms in total. The van der Waals surface area contributed by atoms with Gasteiger partial charge in [0.05, 0.1) is 0 Å². The number of hydrogen-bond donors (Lipinski definition) is 2. The van der Waals surface area contributed by atoms with Gasteiger partial charge in [0.25, 0.3) is 0 Å². The van der Waals surface area contributed by atoms with Crippen molar-refractivity contribution in [2.24, 2.45) is 0 Å². The van der Waals surface area contributed by atoms with E-state index < -0.39 is 33.4 Å². The molecule has 2 aromatic rings. The van der Waals surface area contributed by atoms with Crippen molar-refractivity contribution in [3.05, 3.63) is 77.1 Å². The molecule has 8 heteroatoms. The minimum absolute atomic E-state index is 0.262. The van der Waals surface area contributed by atoms with Crippen LogP contribution in [0.25, 0.3) is 0 Å². The van der Waals surface area contributed by atoms with Gasteiger partial charge in [-0.2, -0.15) is 8.42 Å². The molecule has 138 valence electrons. The highest BCUT2D eigenvalue weighted by Crippen LogP contribution is 2.19. The lowest BCUT2D eigenvalue weighted by Gasteiger charge is -2.08. The van der Waals surface area contributed by atoms with Crippen LogP contribution in [0.4, 0.5) is 0 Å². The normalized spacial score (nSPS) is 10.3. The summed E-state index contributed by atoms with van der Waals surface area (Å²) in [6, 6.07) is 13.8. The molecule has 0 aliphatic rings. The van der Waals surface area contributed by atoms with Gasteiger partial charge in [-0.25, -0.2) is 9.59 Å². The summed E-state index contributed by atoms with van der Waals surface area (Å²) in [5, 5.41) is 18.3. The smallest absolute Gasteiger partial charge is 0.347 e. The summed E-state index contributed by atoms with van der Waals surface area (Å²) >= 11 is 0. The van der Waals surface area contributed by atoms with Crippen molar-refractivity contribution in [2.75, 3.05) is 0 Å². The molecule has 0 unspecified atom stereocenters. The Morgan fingerprint density at radius 1 is 0.926 bits per heavy atom. The number of aliphatic carboxylic acids is 2. The number of carbonyl (C=O) groups is 2. The van der Waals surface area contributed by atoms with Crippen LogP contribution in [0.15, 0.2) is 70.8 Å². The van der Waals surface area contributed by atoms with Crippen molar-refractivity contribution >= 4 is 22.1 Å². The van der Waals surface area contributed by atoms with Crippen molar-refractivity contribution in [3.8, 4) is 11.8 Å². The van der Waals surface area contributed by atoms with Crippen LogP contribution < -0.4 is 0 Å². The molecule has 0 amide bonds. The third kappa shape index (κ3) is 5.20. The Labute approximate surface area is 155 Å². The third-order valence-corrected chi connectivity index (χ3v) is 4.49. The molecule has 0 saturated heterocycles. The fourth-order valence-corrected chi connectivity index (χ4v) is 2.83. The molecule has 0 spiro atoms. The molecule has 2 rings (SSSR count). The van der Waals surface area contributed by atoms with Crippen LogP contribution >= 0.6 is 0 Å². The zero-order chi connectivity index (χ0) is 20.0. The van der Waals surface area contributed by atoms with Crippen LogP contribution in [0.2, 0.25) is 0 Å². The Bertz CT molecular complexity index is 1040. The second-order valence-corrected chi connectivity index (χ2v) is 6.83. The van der Waals surface area contributed by atoms with Gasteiger partial charge in [0.15, 0.2) is 5.57 Å². The maximum atomic E-state index is 12.4. The van der Waals surface area contributed by atoms with E-state index in [1.165, 1.54) is 24.3 Å². The summed E-state index contributed by atoms with van der Waals surface area (Å²) in [4.78, 5) is 22.3. The molecule has 2 aromatic carbocycles. The van der Waals surface area contributed by atoms with Gasteiger partial charge in [-0.15, -0.1) is 0 Å². The molecule has 0 saturated carbocycles. The molecule has 0 radical (unpaired) electrons. The third-order valence-electron chi connectivity index (χ3n) is 3.25. The van der Waals surface area contributed by atoms with Crippen LogP contribution in [-0.2, 0) is 23.9 Å². The van der Waals surface area contributed by atoms with Crippen molar-refractivity contribution in [1.29, 1.82) is 0 Å². The first kappa shape index (κ1) is 19.8. The van der Waals surface area contributed by atoms with Crippen LogP contribution in [0.1, 0.15) is 11.1 Å². The number of carboxylic acids is 2.